The van der Waals surface area contributed by atoms with Crippen LogP contribution < -0.4 is 5.73 Å². The van der Waals surface area contributed by atoms with E-state index in [-0.39, 0.29) is 11.1 Å². The molecule has 0 amide bonds. The van der Waals surface area contributed by atoms with Crippen molar-refractivity contribution < 1.29 is 8.91 Å². The number of aromatic nitrogens is 2. The van der Waals surface area contributed by atoms with Crippen LogP contribution in [0, 0.1) is 5.82 Å². The van der Waals surface area contributed by atoms with Crippen molar-refractivity contribution in [2.45, 2.75) is 32.2 Å². The van der Waals surface area contributed by atoms with Crippen LogP contribution in [0.2, 0.25) is 5.02 Å². The van der Waals surface area contributed by atoms with E-state index in [4.69, 9.17) is 21.9 Å². The van der Waals surface area contributed by atoms with Crippen LogP contribution in [0.3, 0.4) is 0 Å². The smallest absolute Gasteiger partial charge is 0.228 e. The third-order valence-electron chi connectivity index (χ3n) is 2.74. The molecule has 0 fully saturated rings. The van der Waals surface area contributed by atoms with Gasteiger partial charge < -0.3 is 10.3 Å². The molecule has 0 aliphatic heterocycles. The summed E-state index contributed by atoms with van der Waals surface area (Å²) in [7, 11) is 0. The first kappa shape index (κ1) is 14.0. The number of nitrogens with zero attached hydrogens (tertiary/aromatic N) is 2. The van der Waals surface area contributed by atoms with Crippen LogP contribution in [0.5, 0.6) is 0 Å². The highest BCUT2D eigenvalue weighted by Gasteiger charge is 2.13. The molecule has 2 aromatic rings. The maximum atomic E-state index is 13.1. The van der Waals surface area contributed by atoms with Crippen molar-refractivity contribution in [1.29, 1.82) is 0 Å². The lowest BCUT2D eigenvalue weighted by atomic mass is 10.1. The summed E-state index contributed by atoms with van der Waals surface area (Å²) < 4.78 is 18.2. The predicted molar refractivity (Wildman–Crippen MR) is 71.3 cm³/mol. The second-order valence-corrected chi connectivity index (χ2v) is 4.80. The van der Waals surface area contributed by atoms with E-state index in [1.165, 1.54) is 12.1 Å². The summed E-state index contributed by atoms with van der Waals surface area (Å²) >= 11 is 5.71. The third kappa shape index (κ3) is 3.52. The van der Waals surface area contributed by atoms with E-state index in [9.17, 15) is 4.39 Å². The van der Waals surface area contributed by atoms with Gasteiger partial charge in [0, 0.05) is 18.0 Å². The summed E-state index contributed by atoms with van der Waals surface area (Å²) in [5.41, 5.74) is 6.53. The van der Waals surface area contributed by atoms with Gasteiger partial charge in [0.15, 0.2) is 0 Å². The Morgan fingerprint density at radius 1 is 1.47 bits per heavy atom. The van der Waals surface area contributed by atoms with E-state index in [0.717, 1.165) is 12.8 Å². The van der Waals surface area contributed by atoms with Gasteiger partial charge in [-0.05, 0) is 24.6 Å². The Bertz CT molecular complexity index is 559. The molecule has 0 bridgehead atoms. The Labute approximate surface area is 115 Å². The molecule has 1 aromatic heterocycles. The second-order valence-electron chi connectivity index (χ2n) is 4.39. The molecule has 4 nitrogen and oxygen atoms in total. The van der Waals surface area contributed by atoms with Crippen molar-refractivity contribution in [3.63, 3.8) is 0 Å². The van der Waals surface area contributed by atoms with Crippen LogP contribution in [0.4, 0.5) is 4.39 Å². The van der Waals surface area contributed by atoms with Crippen molar-refractivity contribution in [3.8, 4) is 11.4 Å². The second kappa shape index (κ2) is 6.12. The highest BCUT2D eigenvalue weighted by atomic mass is 35.5. The van der Waals surface area contributed by atoms with Gasteiger partial charge in [-0.25, -0.2) is 4.39 Å². The maximum Gasteiger partial charge on any atom is 0.228 e. The largest absolute Gasteiger partial charge is 0.339 e. The molecule has 0 radical (unpaired) electrons. The number of halogens is 2. The number of rotatable bonds is 5. The summed E-state index contributed by atoms with van der Waals surface area (Å²) in [6, 6.07) is 4.31. The lowest BCUT2D eigenvalue weighted by molar-refractivity contribution is 0.366. The topological polar surface area (TPSA) is 64.9 Å². The van der Waals surface area contributed by atoms with E-state index in [2.05, 4.69) is 17.1 Å². The first-order valence-corrected chi connectivity index (χ1v) is 6.51. The van der Waals surface area contributed by atoms with Crippen LogP contribution in [0.1, 0.15) is 25.7 Å². The van der Waals surface area contributed by atoms with E-state index in [1.807, 2.05) is 0 Å². The Hall–Kier alpha value is -1.46. The van der Waals surface area contributed by atoms with Gasteiger partial charge >= 0.3 is 0 Å². The zero-order chi connectivity index (χ0) is 13.8. The zero-order valence-corrected chi connectivity index (χ0v) is 11.3. The van der Waals surface area contributed by atoms with Gasteiger partial charge in [0.25, 0.3) is 0 Å². The van der Waals surface area contributed by atoms with Crippen molar-refractivity contribution in [3.05, 3.63) is 34.9 Å². The monoisotopic (exact) mass is 283 g/mol. The Morgan fingerprint density at radius 2 is 2.26 bits per heavy atom. The minimum Gasteiger partial charge on any atom is -0.339 e. The highest BCUT2D eigenvalue weighted by molar-refractivity contribution is 6.31. The van der Waals surface area contributed by atoms with Crippen LogP contribution in [0.15, 0.2) is 22.7 Å². The lowest BCUT2D eigenvalue weighted by Gasteiger charge is -2.05. The fourth-order valence-electron chi connectivity index (χ4n) is 1.79. The third-order valence-corrected chi connectivity index (χ3v) is 3.03. The molecule has 0 spiro atoms. The normalized spacial score (nSPS) is 12.6. The molecule has 1 unspecified atom stereocenters. The molecule has 1 atom stereocenters. The predicted octanol–water partition coefficient (Wildman–Crippen LogP) is 3.20. The highest BCUT2D eigenvalue weighted by Crippen LogP contribution is 2.23. The Balaban J connectivity index is 2.14. The number of benzene rings is 1. The van der Waals surface area contributed by atoms with Gasteiger partial charge in [0.2, 0.25) is 11.7 Å². The number of nitrogens with two attached hydrogens (primary N) is 1. The number of hydrogen-bond acceptors (Lipinski definition) is 4. The molecule has 2 N–H and O–H groups in total. The molecular weight excluding hydrogens is 269 g/mol. The molecule has 19 heavy (non-hydrogen) atoms. The van der Waals surface area contributed by atoms with Crippen molar-refractivity contribution in [2.24, 2.45) is 5.73 Å². The summed E-state index contributed by atoms with van der Waals surface area (Å²) in [4.78, 5) is 4.23. The summed E-state index contributed by atoms with van der Waals surface area (Å²) in [6.07, 6.45) is 2.45. The minimum absolute atomic E-state index is 0.00936. The molecule has 1 heterocycles. The van der Waals surface area contributed by atoms with Crippen molar-refractivity contribution in [2.75, 3.05) is 0 Å². The van der Waals surface area contributed by atoms with Crippen LogP contribution in [0.25, 0.3) is 11.4 Å². The quantitative estimate of drug-likeness (QED) is 0.915. The fourth-order valence-corrected chi connectivity index (χ4v) is 1.97. The van der Waals surface area contributed by atoms with E-state index in [0.29, 0.717) is 23.7 Å². The molecule has 1 aromatic carbocycles. The Kier molecular flexibility index (Phi) is 4.50. The Morgan fingerprint density at radius 3 is 2.95 bits per heavy atom. The van der Waals surface area contributed by atoms with E-state index in [1.54, 1.807) is 6.07 Å². The lowest BCUT2D eigenvalue weighted by Crippen LogP contribution is -2.22. The summed E-state index contributed by atoms with van der Waals surface area (Å²) in [5, 5.41) is 3.88. The van der Waals surface area contributed by atoms with Gasteiger partial charge in [-0.1, -0.05) is 30.1 Å². The standard InChI is InChI=1S/C13H15ClFN3O/c1-2-3-9(16)7-12-17-13(18-19-12)8-4-5-11(15)10(14)6-8/h4-6,9H,2-3,7,16H2,1H3. The average molecular weight is 284 g/mol. The molecule has 6 heteroatoms. The summed E-state index contributed by atoms with van der Waals surface area (Å²) in [6.45, 7) is 2.07. The molecule has 0 saturated carbocycles. The van der Waals surface area contributed by atoms with E-state index >= 15 is 0 Å². The van der Waals surface area contributed by atoms with Crippen LogP contribution in [-0.2, 0) is 6.42 Å². The minimum atomic E-state index is -0.473. The maximum absolute atomic E-state index is 13.1. The van der Waals surface area contributed by atoms with Crippen LogP contribution in [-0.4, -0.2) is 16.2 Å². The SMILES string of the molecule is CCCC(N)Cc1nc(-c2ccc(F)c(Cl)c2)no1. The average Bonchev–Trinajstić information content (AvgIpc) is 2.81. The van der Waals surface area contributed by atoms with Crippen molar-refractivity contribution >= 4 is 11.6 Å². The van der Waals surface area contributed by atoms with Gasteiger partial charge in [-0.2, -0.15) is 4.98 Å². The fraction of sp³-hybridized carbons (Fsp3) is 0.385. The first-order chi connectivity index (χ1) is 9.10. The molecule has 0 aliphatic carbocycles. The van der Waals surface area contributed by atoms with Crippen molar-refractivity contribution in [1.82, 2.24) is 10.1 Å². The van der Waals surface area contributed by atoms with Gasteiger partial charge in [0.1, 0.15) is 5.82 Å². The number of hydrogen-bond donors (Lipinski definition) is 1. The van der Waals surface area contributed by atoms with Gasteiger partial charge in [-0.3, -0.25) is 0 Å². The van der Waals surface area contributed by atoms with E-state index < -0.39 is 5.82 Å². The van der Waals surface area contributed by atoms with Gasteiger partial charge in [-0.15, -0.1) is 0 Å². The van der Waals surface area contributed by atoms with Gasteiger partial charge in [0.05, 0.1) is 5.02 Å². The zero-order valence-electron chi connectivity index (χ0n) is 10.6. The molecule has 2 rings (SSSR count). The molecule has 102 valence electrons. The molecule has 0 aliphatic rings. The molecule has 0 saturated heterocycles. The first-order valence-electron chi connectivity index (χ1n) is 6.13. The molecular formula is C13H15ClFN3O. The van der Waals surface area contributed by atoms with Crippen LogP contribution >= 0.6 is 11.6 Å². The summed E-state index contributed by atoms with van der Waals surface area (Å²) in [5.74, 6) is 0.399.